The summed E-state index contributed by atoms with van der Waals surface area (Å²) in [6.07, 6.45) is 1.95. The van der Waals surface area contributed by atoms with E-state index in [1.807, 2.05) is 18.2 Å². The molecule has 20 heavy (non-hydrogen) atoms. The molecule has 112 valence electrons. The Morgan fingerprint density at radius 3 is 2.80 bits per heavy atom. The number of aliphatic carboxylic acids is 1. The quantitative estimate of drug-likeness (QED) is 0.651. The van der Waals surface area contributed by atoms with Crippen molar-refractivity contribution in [2.24, 2.45) is 5.92 Å². The number of halogens is 1. The maximum atomic E-state index is 10.4. The summed E-state index contributed by atoms with van der Waals surface area (Å²) in [5.41, 5.74) is 0. The minimum atomic E-state index is -0.724. The van der Waals surface area contributed by atoms with E-state index in [0.717, 1.165) is 25.9 Å². The smallest absolute Gasteiger partial charge is 0.303 e. The maximum absolute atomic E-state index is 10.4. The number of carboxylic acid groups (broad SMARTS) is 1. The minimum Gasteiger partial charge on any atom is -0.491 e. The Morgan fingerprint density at radius 1 is 1.35 bits per heavy atom. The van der Waals surface area contributed by atoms with Gasteiger partial charge in [0.2, 0.25) is 0 Å². The number of carboxylic acids is 1. The first kappa shape index (κ1) is 16.8. The molecular weight excluding hydrogens is 278 g/mol. The lowest BCUT2D eigenvalue weighted by atomic mass is 10.0. The number of hydrogen-bond donors (Lipinski definition) is 2. The Bertz CT molecular complexity index is 412. The average Bonchev–Trinajstić information content (AvgIpc) is 2.42. The second-order valence-corrected chi connectivity index (χ2v) is 5.26. The Balaban J connectivity index is 2.02. The molecule has 0 fully saturated rings. The number of hydrogen-bond acceptors (Lipinski definition) is 3. The van der Waals surface area contributed by atoms with E-state index in [1.165, 1.54) is 0 Å². The Hall–Kier alpha value is -1.26. The van der Waals surface area contributed by atoms with Crippen LogP contribution in [-0.2, 0) is 4.79 Å². The predicted octanol–water partition coefficient (Wildman–Crippen LogP) is 3.20. The van der Waals surface area contributed by atoms with Gasteiger partial charge in [0.15, 0.2) is 0 Å². The fourth-order valence-electron chi connectivity index (χ4n) is 1.78. The second kappa shape index (κ2) is 9.61. The van der Waals surface area contributed by atoms with Gasteiger partial charge in [-0.1, -0.05) is 30.7 Å². The third-order valence-corrected chi connectivity index (χ3v) is 3.35. The maximum Gasteiger partial charge on any atom is 0.303 e. The first-order chi connectivity index (χ1) is 9.59. The monoisotopic (exact) mass is 299 g/mol. The summed E-state index contributed by atoms with van der Waals surface area (Å²) < 4.78 is 5.55. The van der Waals surface area contributed by atoms with Crippen LogP contribution in [0.3, 0.4) is 0 Å². The summed E-state index contributed by atoms with van der Waals surface area (Å²) in [6, 6.07) is 7.40. The lowest BCUT2D eigenvalue weighted by molar-refractivity contribution is -0.137. The van der Waals surface area contributed by atoms with Crippen molar-refractivity contribution in [1.29, 1.82) is 0 Å². The molecule has 1 atom stereocenters. The summed E-state index contributed by atoms with van der Waals surface area (Å²) in [6.45, 7) is 4.25. The van der Waals surface area contributed by atoms with E-state index in [0.29, 0.717) is 23.3 Å². The molecule has 0 heterocycles. The number of carbonyl (C=O) groups is 1. The van der Waals surface area contributed by atoms with Gasteiger partial charge in [-0.3, -0.25) is 4.79 Å². The number of benzene rings is 1. The molecule has 4 nitrogen and oxygen atoms in total. The summed E-state index contributed by atoms with van der Waals surface area (Å²) in [7, 11) is 0. The van der Waals surface area contributed by atoms with Crippen LogP contribution < -0.4 is 10.1 Å². The molecule has 2 N–H and O–H groups in total. The Labute approximate surface area is 125 Å². The van der Waals surface area contributed by atoms with Crippen LogP contribution in [0.15, 0.2) is 24.3 Å². The molecule has 1 unspecified atom stereocenters. The molecule has 0 amide bonds. The average molecular weight is 300 g/mol. The summed E-state index contributed by atoms with van der Waals surface area (Å²) in [4.78, 5) is 10.4. The largest absolute Gasteiger partial charge is 0.491 e. The molecule has 0 aliphatic rings. The van der Waals surface area contributed by atoms with Crippen LogP contribution in [0.1, 0.15) is 26.2 Å². The standard InChI is InChI=1S/C15H22ClNO3/c1-12(6-7-15(18)19)8-9-17-10-11-20-14-5-3-2-4-13(14)16/h2-5,12,17H,6-11H2,1H3,(H,18,19). The van der Waals surface area contributed by atoms with Crippen LogP contribution in [-0.4, -0.2) is 30.8 Å². The highest BCUT2D eigenvalue weighted by atomic mass is 35.5. The second-order valence-electron chi connectivity index (χ2n) is 4.86. The van der Waals surface area contributed by atoms with Crippen LogP contribution in [0.2, 0.25) is 5.02 Å². The first-order valence-corrected chi connectivity index (χ1v) is 7.27. The molecule has 0 bridgehead atoms. The molecule has 0 saturated heterocycles. The lowest BCUT2D eigenvalue weighted by Gasteiger charge is -2.11. The zero-order valence-corrected chi connectivity index (χ0v) is 12.5. The van der Waals surface area contributed by atoms with Crippen molar-refractivity contribution in [3.8, 4) is 5.75 Å². The van der Waals surface area contributed by atoms with E-state index in [-0.39, 0.29) is 6.42 Å². The zero-order valence-electron chi connectivity index (χ0n) is 11.8. The summed E-state index contributed by atoms with van der Waals surface area (Å²) in [5.74, 6) is 0.395. The van der Waals surface area contributed by atoms with Gasteiger partial charge in [0.25, 0.3) is 0 Å². The van der Waals surface area contributed by atoms with E-state index < -0.39 is 5.97 Å². The van der Waals surface area contributed by atoms with Gasteiger partial charge < -0.3 is 15.2 Å². The van der Waals surface area contributed by atoms with Crippen molar-refractivity contribution in [1.82, 2.24) is 5.32 Å². The van der Waals surface area contributed by atoms with E-state index in [9.17, 15) is 4.79 Å². The molecular formula is C15H22ClNO3. The van der Waals surface area contributed by atoms with Crippen molar-refractivity contribution in [2.75, 3.05) is 19.7 Å². The van der Waals surface area contributed by atoms with E-state index in [4.69, 9.17) is 21.4 Å². The predicted molar refractivity (Wildman–Crippen MR) is 80.5 cm³/mol. The van der Waals surface area contributed by atoms with Gasteiger partial charge in [0.05, 0.1) is 5.02 Å². The molecule has 5 heteroatoms. The molecule has 1 aromatic carbocycles. The molecule has 0 aliphatic heterocycles. The molecule has 0 saturated carbocycles. The molecule has 0 aliphatic carbocycles. The van der Waals surface area contributed by atoms with Crippen LogP contribution in [0.4, 0.5) is 0 Å². The van der Waals surface area contributed by atoms with E-state index >= 15 is 0 Å². The number of nitrogens with one attached hydrogen (secondary N) is 1. The summed E-state index contributed by atoms with van der Waals surface area (Å²) >= 11 is 5.97. The number of rotatable bonds is 10. The van der Waals surface area contributed by atoms with Crippen LogP contribution in [0.25, 0.3) is 0 Å². The van der Waals surface area contributed by atoms with Crippen LogP contribution in [0.5, 0.6) is 5.75 Å². The van der Waals surface area contributed by atoms with Crippen molar-refractivity contribution < 1.29 is 14.6 Å². The fourth-order valence-corrected chi connectivity index (χ4v) is 1.97. The Kier molecular flexibility index (Phi) is 8.07. The molecule has 0 aromatic heterocycles. The minimum absolute atomic E-state index is 0.247. The number of para-hydroxylation sites is 1. The number of ether oxygens (including phenoxy) is 1. The first-order valence-electron chi connectivity index (χ1n) is 6.89. The highest BCUT2D eigenvalue weighted by molar-refractivity contribution is 6.32. The van der Waals surface area contributed by atoms with Gasteiger partial charge in [-0.05, 0) is 37.4 Å². The van der Waals surface area contributed by atoms with E-state index in [2.05, 4.69) is 12.2 Å². The van der Waals surface area contributed by atoms with Crippen LogP contribution >= 0.6 is 11.6 Å². The van der Waals surface area contributed by atoms with Crippen molar-refractivity contribution in [3.05, 3.63) is 29.3 Å². The van der Waals surface area contributed by atoms with E-state index in [1.54, 1.807) is 6.07 Å². The molecule has 0 radical (unpaired) electrons. The third kappa shape index (κ3) is 7.36. The van der Waals surface area contributed by atoms with Gasteiger partial charge >= 0.3 is 5.97 Å². The van der Waals surface area contributed by atoms with Crippen molar-refractivity contribution in [3.63, 3.8) is 0 Å². The van der Waals surface area contributed by atoms with Gasteiger partial charge in [0.1, 0.15) is 12.4 Å². The van der Waals surface area contributed by atoms with Gasteiger partial charge in [-0.15, -0.1) is 0 Å². The highest BCUT2D eigenvalue weighted by Gasteiger charge is 2.05. The lowest BCUT2D eigenvalue weighted by Crippen LogP contribution is -2.23. The normalized spacial score (nSPS) is 12.1. The third-order valence-electron chi connectivity index (χ3n) is 3.04. The van der Waals surface area contributed by atoms with Gasteiger partial charge in [0, 0.05) is 13.0 Å². The van der Waals surface area contributed by atoms with Gasteiger partial charge in [-0.2, -0.15) is 0 Å². The summed E-state index contributed by atoms with van der Waals surface area (Å²) in [5, 5.41) is 12.5. The molecule has 0 spiro atoms. The highest BCUT2D eigenvalue weighted by Crippen LogP contribution is 2.22. The zero-order chi connectivity index (χ0) is 14.8. The SMILES string of the molecule is CC(CCNCCOc1ccccc1Cl)CCC(=O)O. The van der Waals surface area contributed by atoms with Gasteiger partial charge in [-0.25, -0.2) is 0 Å². The molecule has 1 rings (SSSR count). The van der Waals surface area contributed by atoms with Crippen molar-refractivity contribution >= 4 is 17.6 Å². The van der Waals surface area contributed by atoms with Crippen LogP contribution in [0, 0.1) is 5.92 Å². The molecule has 1 aromatic rings. The Morgan fingerprint density at radius 2 is 2.10 bits per heavy atom. The van der Waals surface area contributed by atoms with Crippen molar-refractivity contribution in [2.45, 2.75) is 26.2 Å². The fraction of sp³-hybridized carbons (Fsp3) is 0.533. The topological polar surface area (TPSA) is 58.6 Å².